The molecular formula is C30H29N3O7. The molecule has 0 saturated carbocycles. The maximum Gasteiger partial charge on any atom is 0.328 e. The van der Waals surface area contributed by atoms with Crippen molar-refractivity contribution in [2.75, 3.05) is 13.2 Å². The average Bonchev–Trinajstić information content (AvgIpc) is 3.34. The van der Waals surface area contributed by atoms with Crippen LogP contribution in [0.4, 0.5) is 5.69 Å². The van der Waals surface area contributed by atoms with Gasteiger partial charge in [0.25, 0.3) is 11.6 Å². The van der Waals surface area contributed by atoms with E-state index in [4.69, 9.17) is 13.9 Å². The number of aryl methyl sites for hydroxylation is 1. The summed E-state index contributed by atoms with van der Waals surface area (Å²) in [5, 5.41) is 13.5. The first-order chi connectivity index (χ1) is 19.3. The molecule has 1 aromatic heterocycles. The monoisotopic (exact) mass is 543 g/mol. The molecule has 1 atom stereocenters. The molecule has 0 aliphatic carbocycles. The number of nitro benzene ring substituents is 1. The molecule has 0 bridgehead atoms. The fraction of sp³-hybridized carbons (Fsp3) is 0.233. The predicted molar refractivity (Wildman–Crippen MR) is 147 cm³/mol. The van der Waals surface area contributed by atoms with Crippen molar-refractivity contribution >= 4 is 17.6 Å². The number of nitrogens with one attached hydrogen (secondary N) is 1. The molecule has 0 fully saturated rings. The van der Waals surface area contributed by atoms with Gasteiger partial charge in [0.05, 0.1) is 23.8 Å². The van der Waals surface area contributed by atoms with Crippen LogP contribution in [0.1, 0.15) is 34.3 Å². The molecule has 0 aliphatic rings. The Balaban J connectivity index is 1.34. The normalized spacial score (nSPS) is 11.4. The number of esters is 1. The largest absolute Gasteiger partial charge is 0.493 e. The molecular weight excluding hydrogens is 514 g/mol. The van der Waals surface area contributed by atoms with Crippen molar-refractivity contribution in [2.24, 2.45) is 0 Å². The zero-order valence-electron chi connectivity index (χ0n) is 22.2. The lowest BCUT2D eigenvalue weighted by Crippen LogP contribution is -2.43. The third-order valence-corrected chi connectivity index (χ3v) is 6.10. The zero-order valence-corrected chi connectivity index (χ0v) is 22.2. The zero-order chi connectivity index (χ0) is 28.5. The number of non-ortho nitro benzene ring substituents is 1. The summed E-state index contributed by atoms with van der Waals surface area (Å²) >= 11 is 0. The van der Waals surface area contributed by atoms with Crippen LogP contribution in [0.15, 0.2) is 83.3 Å². The topological polar surface area (TPSA) is 134 Å². The highest BCUT2D eigenvalue weighted by atomic mass is 16.6. The lowest BCUT2D eigenvalue weighted by atomic mass is 10.0. The number of benzene rings is 3. The minimum Gasteiger partial charge on any atom is -0.493 e. The Morgan fingerprint density at radius 3 is 2.38 bits per heavy atom. The van der Waals surface area contributed by atoms with Crippen LogP contribution in [-0.4, -0.2) is 41.0 Å². The summed E-state index contributed by atoms with van der Waals surface area (Å²) < 4.78 is 16.8. The van der Waals surface area contributed by atoms with Gasteiger partial charge >= 0.3 is 5.97 Å². The molecule has 3 aromatic carbocycles. The molecule has 10 nitrogen and oxygen atoms in total. The standard InChI is InChI=1S/C30H29N3O7/c1-3-38-30(35)27(31-28(34)22-11-13-24(14-12-22)33(36)37)19-21-9-15-25(16-10-21)39-18-17-26-20(2)40-29(32-26)23-7-5-4-6-8-23/h4-16,27H,3,17-19H2,1-2H3,(H,31,34)/t27-/m0/s1. The van der Waals surface area contributed by atoms with Gasteiger partial charge in [-0.05, 0) is 55.8 Å². The maximum atomic E-state index is 12.7. The molecule has 4 aromatic rings. The van der Waals surface area contributed by atoms with E-state index < -0.39 is 22.8 Å². The predicted octanol–water partition coefficient (Wildman–Crippen LogP) is 5.08. The van der Waals surface area contributed by atoms with Crippen LogP contribution in [-0.2, 0) is 22.4 Å². The molecule has 206 valence electrons. The van der Waals surface area contributed by atoms with E-state index in [1.54, 1.807) is 19.1 Å². The summed E-state index contributed by atoms with van der Waals surface area (Å²) in [5.74, 6) is 0.867. The van der Waals surface area contributed by atoms with Crippen LogP contribution >= 0.6 is 0 Å². The van der Waals surface area contributed by atoms with E-state index in [1.807, 2.05) is 49.4 Å². The number of aromatic nitrogens is 1. The molecule has 1 N–H and O–H groups in total. The number of rotatable bonds is 12. The molecule has 4 rings (SSSR count). The van der Waals surface area contributed by atoms with Crippen LogP contribution in [0.25, 0.3) is 11.5 Å². The molecule has 0 saturated heterocycles. The number of carbonyl (C=O) groups excluding carboxylic acids is 2. The number of hydrogen-bond acceptors (Lipinski definition) is 8. The van der Waals surface area contributed by atoms with Gasteiger partial charge in [0.15, 0.2) is 0 Å². The van der Waals surface area contributed by atoms with Crippen LogP contribution in [0.2, 0.25) is 0 Å². The lowest BCUT2D eigenvalue weighted by Gasteiger charge is -2.18. The van der Waals surface area contributed by atoms with Crippen LogP contribution in [0.3, 0.4) is 0 Å². The van der Waals surface area contributed by atoms with Crippen LogP contribution in [0, 0.1) is 17.0 Å². The van der Waals surface area contributed by atoms with Crippen LogP contribution in [0.5, 0.6) is 5.75 Å². The molecule has 40 heavy (non-hydrogen) atoms. The number of nitrogens with zero attached hydrogens (tertiary/aromatic N) is 2. The molecule has 0 aliphatic heterocycles. The van der Waals surface area contributed by atoms with Gasteiger partial charge in [-0.3, -0.25) is 14.9 Å². The van der Waals surface area contributed by atoms with E-state index in [9.17, 15) is 19.7 Å². The number of ether oxygens (including phenoxy) is 2. The van der Waals surface area contributed by atoms with E-state index in [0.717, 1.165) is 22.6 Å². The van der Waals surface area contributed by atoms with Crippen molar-refractivity contribution in [3.8, 4) is 17.2 Å². The third-order valence-electron chi connectivity index (χ3n) is 6.10. The van der Waals surface area contributed by atoms with Crippen molar-refractivity contribution in [2.45, 2.75) is 32.7 Å². The highest BCUT2D eigenvalue weighted by Crippen LogP contribution is 2.22. The van der Waals surface area contributed by atoms with E-state index in [1.165, 1.54) is 24.3 Å². The number of nitro groups is 1. The fourth-order valence-electron chi connectivity index (χ4n) is 4.00. The second-order valence-corrected chi connectivity index (χ2v) is 8.92. The lowest BCUT2D eigenvalue weighted by molar-refractivity contribution is -0.384. The van der Waals surface area contributed by atoms with Crippen molar-refractivity contribution in [3.63, 3.8) is 0 Å². The van der Waals surface area contributed by atoms with Crippen molar-refractivity contribution in [3.05, 3.63) is 112 Å². The minimum atomic E-state index is -0.941. The average molecular weight is 544 g/mol. The Bertz CT molecular complexity index is 1450. The molecule has 1 amide bonds. The summed E-state index contributed by atoms with van der Waals surface area (Å²) in [6, 6.07) is 21.1. The Kier molecular flexibility index (Phi) is 9.24. The second kappa shape index (κ2) is 13.2. The van der Waals surface area contributed by atoms with E-state index in [2.05, 4.69) is 10.3 Å². The molecule has 0 unspecified atom stereocenters. The Morgan fingerprint density at radius 2 is 1.73 bits per heavy atom. The van der Waals surface area contributed by atoms with Crippen LogP contribution < -0.4 is 10.1 Å². The summed E-state index contributed by atoms with van der Waals surface area (Å²) in [5.41, 5.74) is 2.60. The highest BCUT2D eigenvalue weighted by molar-refractivity contribution is 5.97. The van der Waals surface area contributed by atoms with Gasteiger partial charge in [0.1, 0.15) is 17.6 Å². The SMILES string of the molecule is CCOC(=O)[C@H](Cc1ccc(OCCc2nc(-c3ccccc3)oc2C)cc1)NC(=O)c1ccc([N+](=O)[O-])cc1. The summed E-state index contributed by atoms with van der Waals surface area (Å²) in [4.78, 5) is 40.2. The first-order valence-corrected chi connectivity index (χ1v) is 12.8. The first-order valence-electron chi connectivity index (χ1n) is 12.8. The van der Waals surface area contributed by atoms with E-state index in [-0.39, 0.29) is 24.3 Å². The number of oxazole rings is 1. The van der Waals surface area contributed by atoms with Gasteiger partial charge in [0, 0.05) is 36.1 Å². The Hall–Kier alpha value is -4.99. The second-order valence-electron chi connectivity index (χ2n) is 8.92. The Labute approximate surface area is 231 Å². The number of amides is 1. The highest BCUT2D eigenvalue weighted by Gasteiger charge is 2.23. The quantitative estimate of drug-likeness (QED) is 0.148. The molecule has 1 heterocycles. The first kappa shape index (κ1) is 28.0. The number of carbonyl (C=O) groups is 2. The van der Waals surface area contributed by atoms with E-state index >= 15 is 0 Å². The van der Waals surface area contributed by atoms with Gasteiger partial charge in [0.2, 0.25) is 5.89 Å². The molecule has 0 spiro atoms. The van der Waals surface area contributed by atoms with Gasteiger partial charge in [-0.25, -0.2) is 9.78 Å². The van der Waals surface area contributed by atoms with Gasteiger partial charge < -0.3 is 19.2 Å². The minimum absolute atomic E-state index is 0.131. The third kappa shape index (κ3) is 7.31. The molecule has 0 radical (unpaired) electrons. The van der Waals surface area contributed by atoms with Crippen molar-refractivity contribution < 1.29 is 28.4 Å². The maximum absolute atomic E-state index is 12.7. The summed E-state index contributed by atoms with van der Waals surface area (Å²) in [6.45, 7) is 4.12. The Morgan fingerprint density at radius 1 is 1.02 bits per heavy atom. The van der Waals surface area contributed by atoms with Gasteiger partial charge in [-0.2, -0.15) is 0 Å². The van der Waals surface area contributed by atoms with Crippen molar-refractivity contribution in [1.82, 2.24) is 10.3 Å². The summed E-state index contributed by atoms with van der Waals surface area (Å²) in [7, 11) is 0. The van der Waals surface area contributed by atoms with Gasteiger partial charge in [-0.15, -0.1) is 0 Å². The van der Waals surface area contributed by atoms with Gasteiger partial charge in [-0.1, -0.05) is 30.3 Å². The molecule has 10 heteroatoms. The summed E-state index contributed by atoms with van der Waals surface area (Å²) in [6.07, 6.45) is 0.766. The van der Waals surface area contributed by atoms with E-state index in [0.29, 0.717) is 24.7 Å². The fourth-order valence-corrected chi connectivity index (χ4v) is 4.00. The van der Waals surface area contributed by atoms with Crippen molar-refractivity contribution in [1.29, 1.82) is 0 Å². The number of hydrogen-bond donors (Lipinski definition) is 1. The smallest absolute Gasteiger partial charge is 0.328 e.